The first-order valence-corrected chi connectivity index (χ1v) is 12.7. The molecule has 0 unspecified atom stereocenters. The largest absolute Gasteiger partial charge is 0.497 e. The van der Waals surface area contributed by atoms with Gasteiger partial charge in [0.1, 0.15) is 22.1 Å². The minimum Gasteiger partial charge on any atom is -0.497 e. The smallest absolute Gasteiger partial charge is 0.246 e. The Morgan fingerprint density at radius 2 is 1.54 bits per heavy atom. The maximum absolute atomic E-state index is 13.3. The van der Waals surface area contributed by atoms with Crippen molar-refractivity contribution >= 4 is 21.6 Å². The highest BCUT2D eigenvalue weighted by Crippen LogP contribution is 2.34. The van der Waals surface area contributed by atoms with Gasteiger partial charge in [0.2, 0.25) is 15.9 Å². The molecule has 0 radical (unpaired) electrons. The molecule has 0 saturated carbocycles. The molecule has 0 bridgehead atoms. The average Bonchev–Trinajstić information content (AvgIpc) is 2.90. The monoisotopic (exact) mass is 496 g/mol. The zero-order valence-electron chi connectivity index (χ0n) is 19.6. The van der Waals surface area contributed by atoms with E-state index in [0.29, 0.717) is 35.8 Å². The predicted octanol–water partition coefficient (Wildman–Crippen LogP) is 4.54. The molecule has 1 fully saturated rings. The number of ether oxygens (including phenoxy) is 3. The highest BCUT2D eigenvalue weighted by atomic mass is 32.2. The molecule has 1 saturated heterocycles. The number of sulfonamides is 1. The topological polar surface area (TPSA) is 94.2 Å². The average molecular weight is 497 g/mol. The Hall–Kier alpha value is -3.56. The Balaban J connectivity index is 1.42. The van der Waals surface area contributed by atoms with Crippen LogP contribution in [0.4, 0.5) is 5.69 Å². The van der Waals surface area contributed by atoms with Crippen molar-refractivity contribution in [3.8, 4) is 23.0 Å². The molecule has 0 atom stereocenters. The number of anilines is 1. The van der Waals surface area contributed by atoms with E-state index in [1.807, 2.05) is 42.5 Å². The van der Waals surface area contributed by atoms with Crippen LogP contribution in [0.15, 0.2) is 77.7 Å². The van der Waals surface area contributed by atoms with Crippen molar-refractivity contribution in [1.29, 1.82) is 0 Å². The number of carbonyl (C=O) groups excluding carboxylic acids is 1. The summed E-state index contributed by atoms with van der Waals surface area (Å²) in [5, 5.41) is 2.95. The quantitative estimate of drug-likeness (QED) is 0.492. The van der Waals surface area contributed by atoms with E-state index in [2.05, 4.69) is 5.32 Å². The summed E-state index contributed by atoms with van der Waals surface area (Å²) in [6.07, 6.45) is 0.804. The summed E-state index contributed by atoms with van der Waals surface area (Å²) in [6, 6.07) is 21.2. The Bertz CT molecular complexity index is 1270. The number of nitrogens with one attached hydrogen (secondary N) is 1. The fourth-order valence-electron chi connectivity index (χ4n) is 3.99. The minimum atomic E-state index is -3.81. The molecule has 3 aromatic rings. The molecule has 1 amide bonds. The second-order valence-corrected chi connectivity index (χ2v) is 10.0. The molecular weight excluding hydrogens is 468 g/mol. The number of para-hydroxylation sites is 3. The number of hydrogen-bond donors (Lipinski definition) is 1. The molecule has 4 rings (SSSR count). The number of nitrogens with zero attached hydrogens (tertiary/aromatic N) is 1. The summed E-state index contributed by atoms with van der Waals surface area (Å²) in [5.74, 6) is 1.40. The van der Waals surface area contributed by atoms with Gasteiger partial charge in [0.05, 0.1) is 19.9 Å². The summed E-state index contributed by atoms with van der Waals surface area (Å²) in [7, 11) is -0.905. The van der Waals surface area contributed by atoms with Gasteiger partial charge in [-0.1, -0.05) is 30.3 Å². The lowest BCUT2D eigenvalue weighted by Crippen LogP contribution is -2.41. The molecule has 1 aliphatic rings. The lowest BCUT2D eigenvalue weighted by Gasteiger charge is -2.31. The van der Waals surface area contributed by atoms with Crippen molar-refractivity contribution in [2.24, 2.45) is 5.92 Å². The van der Waals surface area contributed by atoms with Crippen LogP contribution < -0.4 is 19.5 Å². The molecule has 184 valence electrons. The summed E-state index contributed by atoms with van der Waals surface area (Å²) in [5.41, 5.74) is 0.567. The maximum atomic E-state index is 13.3. The Labute approximate surface area is 205 Å². The van der Waals surface area contributed by atoms with Crippen molar-refractivity contribution in [2.45, 2.75) is 17.7 Å². The van der Waals surface area contributed by atoms with Crippen molar-refractivity contribution in [3.05, 3.63) is 72.8 Å². The number of methoxy groups -OCH3 is 2. The number of carbonyl (C=O) groups is 1. The highest BCUT2D eigenvalue weighted by molar-refractivity contribution is 7.89. The van der Waals surface area contributed by atoms with Crippen molar-refractivity contribution < 1.29 is 27.4 Å². The zero-order valence-corrected chi connectivity index (χ0v) is 20.5. The Morgan fingerprint density at radius 3 is 2.23 bits per heavy atom. The van der Waals surface area contributed by atoms with E-state index < -0.39 is 10.0 Å². The van der Waals surface area contributed by atoms with Gasteiger partial charge >= 0.3 is 0 Å². The standard InChI is InChI=1S/C26H28N2O6S/c1-32-21-12-13-24(33-2)25(18-21)35(30,31)28-16-14-19(15-17-28)26(29)27-22-10-6-7-11-23(22)34-20-8-4-3-5-9-20/h3-13,18-19H,14-17H2,1-2H3,(H,27,29). The summed E-state index contributed by atoms with van der Waals surface area (Å²) < 4.78 is 44.4. The third-order valence-electron chi connectivity index (χ3n) is 5.93. The van der Waals surface area contributed by atoms with Gasteiger partial charge in [-0.2, -0.15) is 4.31 Å². The van der Waals surface area contributed by atoms with Crippen LogP contribution in [0.25, 0.3) is 0 Å². The first-order valence-electron chi connectivity index (χ1n) is 11.3. The number of hydrogen-bond acceptors (Lipinski definition) is 6. The van der Waals surface area contributed by atoms with Crippen LogP contribution in [0.3, 0.4) is 0 Å². The van der Waals surface area contributed by atoms with Crippen LogP contribution in [0, 0.1) is 5.92 Å². The van der Waals surface area contributed by atoms with E-state index >= 15 is 0 Å². The minimum absolute atomic E-state index is 0.0502. The normalized spacial score (nSPS) is 14.8. The molecule has 1 N–H and O–H groups in total. The van der Waals surface area contributed by atoms with E-state index in [9.17, 15) is 13.2 Å². The van der Waals surface area contributed by atoms with Crippen LogP contribution in [0.5, 0.6) is 23.0 Å². The van der Waals surface area contributed by atoms with Gasteiger partial charge in [-0.15, -0.1) is 0 Å². The summed E-state index contributed by atoms with van der Waals surface area (Å²) in [4.78, 5) is 13.1. The summed E-state index contributed by atoms with van der Waals surface area (Å²) >= 11 is 0. The number of rotatable bonds is 8. The van der Waals surface area contributed by atoms with Crippen LogP contribution in [0.2, 0.25) is 0 Å². The third kappa shape index (κ3) is 5.58. The molecule has 9 heteroatoms. The van der Waals surface area contributed by atoms with E-state index in [4.69, 9.17) is 14.2 Å². The Kier molecular flexibility index (Phi) is 7.57. The van der Waals surface area contributed by atoms with Crippen LogP contribution in [-0.4, -0.2) is 45.9 Å². The second-order valence-electron chi connectivity index (χ2n) is 8.10. The Morgan fingerprint density at radius 1 is 0.857 bits per heavy atom. The first kappa shape index (κ1) is 24.6. The molecule has 0 spiro atoms. The van der Waals surface area contributed by atoms with E-state index in [1.165, 1.54) is 24.6 Å². The third-order valence-corrected chi connectivity index (χ3v) is 7.85. The molecular formula is C26H28N2O6S. The zero-order chi connectivity index (χ0) is 24.8. The van der Waals surface area contributed by atoms with Crippen LogP contribution >= 0.6 is 0 Å². The molecule has 0 aliphatic carbocycles. The molecule has 8 nitrogen and oxygen atoms in total. The van der Waals surface area contributed by atoms with E-state index in [-0.39, 0.29) is 35.6 Å². The van der Waals surface area contributed by atoms with Gasteiger partial charge < -0.3 is 19.5 Å². The maximum Gasteiger partial charge on any atom is 0.246 e. The van der Waals surface area contributed by atoms with Gasteiger partial charge in [0, 0.05) is 25.1 Å². The fourth-order valence-corrected chi connectivity index (χ4v) is 5.63. The molecule has 35 heavy (non-hydrogen) atoms. The molecule has 1 aliphatic heterocycles. The van der Waals surface area contributed by atoms with Gasteiger partial charge in [-0.25, -0.2) is 8.42 Å². The van der Waals surface area contributed by atoms with Crippen molar-refractivity contribution in [2.75, 3.05) is 32.6 Å². The SMILES string of the molecule is COc1ccc(OC)c(S(=O)(=O)N2CCC(C(=O)Nc3ccccc3Oc3ccccc3)CC2)c1. The predicted molar refractivity (Wildman–Crippen MR) is 133 cm³/mol. The van der Waals surface area contributed by atoms with E-state index in [1.54, 1.807) is 24.3 Å². The number of amides is 1. The number of piperidine rings is 1. The lowest BCUT2D eigenvalue weighted by atomic mass is 9.97. The van der Waals surface area contributed by atoms with Crippen LogP contribution in [0.1, 0.15) is 12.8 Å². The molecule has 3 aromatic carbocycles. The van der Waals surface area contributed by atoms with E-state index in [0.717, 1.165) is 0 Å². The van der Waals surface area contributed by atoms with Gasteiger partial charge in [0.15, 0.2) is 5.75 Å². The van der Waals surface area contributed by atoms with Gasteiger partial charge in [0.25, 0.3) is 0 Å². The van der Waals surface area contributed by atoms with Crippen LogP contribution in [-0.2, 0) is 14.8 Å². The molecule has 0 aromatic heterocycles. The summed E-state index contributed by atoms with van der Waals surface area (Å²) in [6.45, 7) is 0.450. The van der Waals surface area contributed by atoms with Crippen molar-refractivity contribution in [3.63, 3.8) is 0 Å². The lowest BCUT2D eigenvalue weighted by molar-refractivity contribution is -0.120. The first-order chi connectivity index (χ1) is 16.9. The second kappa shape index (κ2) is 10.8. The number of benzene rings is 3. The fraction of sp³-hybridized carbons (Fsp3) is 0.269. The van der Waals surface area contributed by atoms with Gasteiger partial charge in [-0.3, -0.25) is 4.79 Å². The molecule has 1 heterocycles. The highest BCUT2D eigenvalue weighted by Gasteiger charge is 2.34. The van der Waals surface area contributed by atoms with Crippen molar-refractivity contribution in [1.82, 2.24) is 4.31 Å². The van der Waals surface area contributed by atoms with Gasteiger partial charge in [-0.05, 0) is 49.2 Å².